The number of urea groups is 1. The number of ether oxygens (including phenoxy) is 3. The summed E-state index contributed by atoms with van der Waals surface area (Å²) in [6, 6.07) is 7.60. The fraction of sp³-hybridized carbons (Fsp3) is 0.667. The molecule has 1 aliphatic rings. The first-order chi connectivity index (χ1) is 16.5. The monoisotopic (exact) mass is 498 g/mol. The molecule has 1 saturated heterocycles. The minimum atomic E-state index is -0.495. The van der Waals surface area contributed by atoms with E-state index in [4.69, 9.17) is 21.1 Å². The third-order valence-corrected chi connectivity index (χ3v) is 6.12. The first-order valence-electron chi connectivity index (χ1n) is 11.9. The highest BCUT2D eigenvalue weighted by atomic mass is 35.5. The maximum atomic E-state index is 13.1. The molecule has 34 heavy (non-hydrogen) atoms. The van der Waals surface area contributed by atoms with Crippen molar-refractivity contribution < 1.29 is 23.8 Å². The molecule has 1 aliphatic heterocycles. The zero-order chi connectivity index (χ0) is 24.8. The zero-order valence-corrected chi connectivity index (χ0v) is 21.2. The van der Waals surface area contributed by atoms with Crippen molar-refractivity contribution >= 4 is 23.7 Å². The summed E-state index contributed by atoms with van der Waals surface area (Å²) in [4.78, 5) is 26.3. The van der Waals surface area contributed by atoms with Crippen molar-refractivity contribution in [3.05, 3.63) is 34.9 Å². The van der Waals surface area contributed by atoms with E-state index in [1.165, 1.54) is 7.11 Å². The van der Waals surface area contributed by atoms with Crippen molar-refractivity contribution in [2.45, 2.75) is 37.8 Å². The number of piperidine rings is 1. The van der Waals surface area contributed by atoms with Gasteiger partial charge in [-0.15, -0.1) is 0 Å². The normalized spacial score (nSPS) is 17.6. The average Bonchev–Trinajstić information content (AvgIpc) is 2.84. The highest BCUT2D eigenvalue weighted by molar-refractivity contribution is 6.30. The van der Waals surface area contributed by atoms with Gasteiger partial charge in [0.05, 0.1) is 19.8 Å². The summed E-state index contributed by atoms with van der Waals surface area (Å²) in [5, 5.41) is 9.59. The third-order valence-electron chi connectivity index (χ3n) is 5.88. The van der Waals surface area contributed by atoms with E-state index in [2.05, 4.69) is 20.7 Å². The predicted octanol–water partition coefficient (Wildman–Crippen LogP) is 3.19. The molecule has 192 valence electrons. The molecule has 1 aromatic rings. The molecule has 1 fully saturated rings. The van der Waals surface area contributed by atoms with E-state index >= 15 is 0 Å². The Morgan fingerprint density at radius 1 is 1.26 bits per heavy atom. The lowest BCUT2D eigenvalue weighted by Crippen LogP contribution is -2.51. The topological polar surface area (TPSA) is 101 Å². The Morgan fingerprint density at radius 2 is 2.09 bits per heavy atom. The van der Waals surface area contributed by atoms with Crippen LogP contribution in [0.2, 0.25) is 5.02 Å². The zero-order valence-electron chi connectivity index (χ0n) is 20.5. The smallest absolute Gasteiger partial charge is 0.406 e. The van der Waals surface area contributed by atoms with Crippen LogP contribution in [0, 0.1) is 5.92 Å². The second kappa shape index (κ2) is 15.8. The molecule has 1 unspecified atom stereocenters. The van der Waals surface area contributed by atoms with Crippen molar-refractivity contribution in [3.63, 3.8) is 0 Å². The standard InChI is InChI=1S/C24H39ClN4O5/c1-26-16-21(10-6-13-32-2)28-23(30)29-12-5-8-19(17-29)22(18-7-4-9-20(25)15-18)34-14-11-27-24(31)33-3/h4,7,9,15,19,21-22,26H,5-6,8,10-14,16-17H2,1-3H3,(H,27,31)(H,28,30)/t19-,21+,22?/m1/s1. The number of carbonyl (C=O) groups is 2. The summed E-state index contributed by atoms with van der Waals surface area (Å²) in [7, 11) is 4.89. The van der Waals surface area contributed by atoms with Gasteiger partial charge in [-0.25, -0.2) is 9.59 Å². The van der Waals surface area contributed by atoms with E-state index in [-0.39, 0.29) is 24.1 Å². The maximum Gasteiger partial charge on any atom is 0.406 e. The summed E-state index contributed by atoms with van der Waals surface area (Å²) in [6.07, 6.45) is 2.81. The average molecular weight is 499 g/mol. The molecule has 3 amide bonds. The van der Waals surface area contributed by atoms with Gasteiger partial charge in [0.25, 0.3) is 0 Å². The molecule has 0 aromatic heterocycles. The molecule has 3 N–H and O–H groups in total. The number of nitrogens with zero attached hydrogens (tertiary/aromatic N) is 1. The van der Waals surface area contributed by atoms with Crippen molar-refractivity contribution in [1.29, 1.82) is 0 Å². The lowest BCUT2D eigenvalue weighted by Gasteiger charge is -2.37. The summed E-state index contributed by atoms with van der Waals surface area (Å²) in [6.45, 7) is 3.31. The van der Waals surface area contributed by atoms with Crippen molar-refractivity contribution in [3.8, 4) is 0 Å². The van der Waals surface area contributed by atoms with E-state index in [0.717, 1.165) is 31.2 Å². The first-order valence-corrected chi connectivity index (χ1v) is 12.2. The molecule has 3 atom stereocenters. The highest BCUT2D eigenvalue weighted by Gasteiger charge is 2.32. The molecule has 2 rings (SSSR count). The molecule has 1 heterocycles. The number of hydrogen-bond acceptors (Lipinski definition) is 6. The second-order valence-electron chi connectivity index (χ2n) is 8.45. The van der Waals surface area contributed by atoms with Gasteiger partial charge < -0.3 is 35.1 Å². The molecule has 0 radical (unpaired) electrons. The van der Waals surface area contributed by atoms with E-state index in [0.29, 0.717) is 44.4 Å². The molecule has 0 spiro atoms. The Labute approximate surface area is 207 Å². The second-order valence-corrected chi connectivity index (χ2v) is 8.89. The Kier molecular flexibility index (Phi) is 13.1. The van der Waals surface area contributed by atoms with Crippen LogP contribution < -0.4 is 16.0 Å². The molecule has 9 nitrogen and oxygen atoms in total. The minimum absolute atomic E-state index is 0.0393. The Bertz CT molecular complexity index is 754. The Balaban J connectivity index is 2.03. The van der Waals surface area contributed by atoms with Crippen LogP contribution >= 0.6 is 11.6 Å². The fourth-order valence-corrected chi connectivity index (χ4v) is 4.45. The molecule has 10 heteroatoms. The molecule has 1 aromatic carbocycles. The van der Waals surface area contributed by atoms with Gasteiger partial charge in [-0.05, 0) is 50.4 Å². The quantitative estimate of drug-likeness (QED) is 0.361. The van der Waals surface area contributed by atoms with Crippen molar-refractivity contribution in [2.24, 2.45) is 5.92 Å². The number of likely N-dealkylation sites (N-methyl/N-ethyl adjacent to an activating group) is 1. The number of nitrogens with one attached hydrogen (secondary N) is 3. The molecule has 0 bridgehead atoms. The minimum Gasteiger partial charge on any atom is -0.453 e. The largest absolute Gasteiger partial charge is 0.453 e. The lowest BCUT2D eigenvalue weighted by molar-refractivity contribution is -0.00862. The first kappa shape index (κ1) is 28.2. The van der Waals surface area contributed by atoms with Crippen LogP contribution in [0.15, 0.2) is 24.3 Å². The highest BCUT2D eigenvalue weighted by Crippen LogP contribution is 2.34. The number of halogens is 1. The molecule has 0 aliphatic carbocycles. The SMILES string of the molecule is CNC[C@H](CCCOC)NC(=O)N1CCC[C@@H](C(OCCNC(=O)OC)c2cccc(Cl)c2)C1. The van der Waals surface area contributed by atoms with Gasteiger partial charge >= 0.3 is 12.1 Å². The van der Waals surface area contributed by atoms with Gasteiger partial charge in [0.1, 0.15) is 0 Å². The van der Waals surface area contributed by atoms with Gasteiger partial charge in [-0.2, -0.15) is 0 Å². The lowest BCUT2D eigenvalue weighted by atomic mass is 9.88. The van der Waals surface area contributed by atoms with Gasteiger partial charge in [-0.1, -0.05) is 23.7 Å². The fourth-order valence-electron chi connectivity index (χ4n) is 4.25. The van der Waals surface area contributed by atoms with E-state index in [9.17, 15) is 9.59 Å². The van der Waals surface area contributed by atoms with Crippen molar-refractivity contribution in [2.75, 3.05) is 60.7 Å². The predicted molar refractivity (Wildman–Crippen MR) is 132 cm³/mol. The van der Waals surface area contributed by atoms with Crippen LogP contribution in [0.3, 0.4) is 0 Å². The molecular weight excluding hydrogens is 460 g/mol. The van der Waals surface area contributed by atoms with Crippen LogP contribution in [0.4, 0.5) is 9.59 Å². The van der Waals surface area contributed by atoms with Crippen LogP contribution in [0.25, 0.3) is 0 Å². The number of benzene rings is 1. The Morgan fingerprint density at radius 3 is 2.79 bits per heavy atom. The molecular formula is C24H39ClN4O5. The van der Waals surface area contributed by atoms with Gasteiger partial charge in [-0.3, -0.25) is 0 Å². The van der Waals surface area contributed by atoms with E-state index in [1.54, 1.807) is 7.11 Å². The number of rotatable bonds is 13. The third kappa shape index (κ3) is 9.66. The van der Waals surface area contributed by atoms with Crippen molar-refractivity contribution in [1.82, 2.24) is 20.9 Å². The number of carbonyl (C=O) groups excluding carboxylic acids is 2. The summed E-state index contributed by atoms with van der Waals surface area (Å²) in [5.41, 5.74) is 0.963. The number of methoxy groups -OCH3 is 2. The van der Waals surface area contributed by atoms with Gasteiger partial charge in [0.2, 0.25) is 0 Å². The van der Waals surface area contributed by atoms with E-state index < -0.39 is 6.09 Å². The summed E-state index contributed by atoms with van der Waals surface area (Å²) in [5.74, 6) is 0.104. The molecule has 0 saturated carbocycles. The Hall–Kier alpha value is -2.07. The summed E-state index contributed by atoms with van der Waals surface area (Å²) >= 11 is 6.25. The summed E-state index contributed by atoms with van der Waals surface area (Å²) < 4.78 is 16.0. The van der Waals surface area contributed by atoms with Crippen LogP contribution in [0.5, 0.6) is 0 Å². The van der Waals surface area contributed by atoms with Crippen LogP contribution in [-0.2, 0) is 14.2 Å². The number of amides is 3. The number of likely N-dealkylation sites (tertiary alicyclic amines) is 1. The van der Waals surface area contributed by atoms with Crippen LogP contribution in [-0.4, -0.2) is 83.7 Å². The van der Waals surface area contributed by atoms with Gasteiger partial charge in [0, 0.05) is 56.9 Å². The van der Waals surface area contributed by atoms with E-state index in [1.807, 2.05) is 36.2 Å². The van der Waals surface area contributed by atoms with Crippen LogP contribution in [0.1, 0.15) is 37.4 Å². The van der Waals surface area contributed by atoms with Gasteiger partial charge in [0.15, 0.2) is 0 Å². The number of hydrogen-bond donors (Lipinski definition) is 3. The maximum absolute atomic E-state index is 13.1. The number of alkyl carbamates (subject to hydrolysis) is 1.